The molecule has 0 spiro atoms. The van der Waals surface area contributed by atoms with Gasteiger partial charge in [0.1, 0.15) is 0 Å². The Hall–Kier alpha value is -1.14. The number of esters is 1. The highest BCUT2D eigenvalue weighted by molar-refractivity contribution is 5.76. The van der Waals surface area contributed by atoms with E-state index in [9.17, 15) is 9.59 Å². The fraction of sp³-hybridized carbons (Fsp3) is 0.833. The van der Waals surface area contributed by atoms with Crippen LogP contribution in [0.1, 0.15) is 34.6 Å². The first-order chi connectivity index (χ1) is 8.22. The number of carboxylic acids is 1. The van der Waals surface area contributed by atoms with Crippen molar-refractivity contribution in [1.29, 1.82) is 0 Å². The van der Waals surface area contributed by atoms with Gasteiger partial charge in [-0.25, -0.2) is 9.59 Å². The molecule has 0 bridgehead atoms. The Kier molecular flexibility index (Phi) is 10.5. The summed E-state index contributed by atoms with van der Waals surface area (Å²) in [6.07, 6.45) is -0.431. The van der Waals surface area contributed by atoms with E-state index in [2.05, 4.69) is 4.74 Å². The molecule has 0 saturated carbocycles. The fourth-order valence-corrected chi connectivity index (χ4v) is 0.907. The lowest BCUT2D eigenvalue weighted by Gasteiger charge is -2.18. The molecule has 0 aromatic rings. The van der Waals surface area contributed by atoms with Crippen LogP contribution in [0.15, 0.2) is 0 Å². The van der Waals surface area contributed by atoms with Crippen LogP contribution < -0.4 is 0 Å². The van der Waals surface area contributed by atoms with Crippen LogP contribution in [0.3, 0.4) is 0 Å². The predicted octanol–water partition coefficient (Wildman–Crippen LogP) is 1.47. The minimum Gasteiger partial charge on any atom is -0.479 e. The zero-order valence-electron chi connectivity index (χ0n) is 12.0. The normalized spacial score (nSPS) is 12.1. The first-order valence-electron chi connectivity index (χ1n) is 5.79. The van der Waals surface area contributed by atoms with Crippen LogP contribution >= 0.6 is 0 Å². The zero-order valence-corrected chi connectivity index (χ0v) is 12.0. The monoisotopic (exact) mass is 264 g/mol. The topological polar surface area (TPSA) is 82.1 Å². The second kappa shape index (κ2) is 9.85. The van der Waals surface area contributed by atoms with Crippen LogP contribution in [0.25, 0.3) is 0 Å². The molecule has 1 unspecified atom stereocenters. The minimum atomic E-state index is -1.03. The number of carbonyl (C=O) groups excluding carboxylic acids is 1. The summed E-state index contributed by atoms with van der Waals surface area (Å²) in [6.45, 7) is 9.28. The molecule has 0 aliphatic rings. The first kappa shape index (κ1) is 19.2. The molecule has 0 heterocycles. The van der Waals surface area contributed by atoms with Crippen molar-refractivity contribution in [2.24, 2.45) is 0 Å². The Morgan fingerprint density at radius 1 is 1.22 bits per heavy atom. The van der Waals surface area contributed by atoms with E-state index in [-0.39, 0.29) is 5.97 Å². The standard InChI is InChI=1S/2C6H12O3/c1-4-9-6(2,3)5(7)8;1-4-9-5(2)6(7)8-3/h4H2,1-3H3,(H,7,8);5H,4H2,1-3H3. The van der Waals surface area contributed by atoms with Crippen LogP contribution in [0.5, 0.6) is 0 Å². The van der Waals surface area contributed by atoms with Crippen molar-refractivity contribution in [1.82, 2.24) is 0 Å². The van der Waals surface area contributed by atoms with Crippen molar-refractivity contribution < 1.29 is 28.9 Å². The summed E-state index contributed by atoms with van der Waals surface area (Å²) in [5.41, 5.74) is -1.03. The van der Waals surface area contributed by atoms with Crippen LogP contribution in [0.2, 0.25) is 0 Å². The molecular formula is C12H24O6. The van der Waals surface area contributed by atoms with Crippen LogP contribution in [-0.4, -0.2) is 49.1 Å². The van der Waals surface area contributed by atoms with Gasteiger partial charge in [-0.2, -0.15) is 0 Å². The molecule has 0 rings (SSSR count). The van der Waals surface area contributed by atoms with Crippen LogP contribution in [0, 0.1) is 0 Å². The maximum absolute atomic E-state index is 10.6. The Morgan fingerprint density at radius 2 is 1.72 bits per heavy atom. The molecule has 6 nitrogen and oxygen atoms in total. The number of hydrogen-bond donors (Lipinski definition) is 1. The van der Waals surface area contributed by atoms with Crippen LogP contribution in [0.4, 0.5) is 0 Å². The summed E-state index contributed by atoms with van der Waals surface area (Å²) in [6, 6.07) is 0. The largest absolute Gasteiger partial charge is 0.479 e. The maximum atomic E-state index is 10.6. The number of carbonyl (C=O) groups is 2. The Bertz CT molecular complexity index is 247. The third-order valence-corrected chi connectivity index (χ3v) is 1.97. The van der Waals surface area contributed by atoms with Crippen molar-refractivity contribution in [3.05, 3.63) is 0 Å². The van der Waals surface area contributed by atoms with Crippen molar-refractivity contribution in [2.75, 3.05) is 20.3 Å². The number of carboxylic acid groups (broad SMARTS) is 1. The molecule has 108 valence electrons. The van der Waals surface area contributed by atoms with Gasteiger partial charge in [-0.3, -0.25) is 0 Å². The summed E-state index contributed by atoms with van der Waals surface area (Å²) < 4.78 is 14.2. The molecule has 0 radical (unpaired) electrons. The predicted molar refractivity (Wildman–Crippen MR) is 66.4 cm³/mol. The van der Waals surface area contributed by atoms with E-state index in [1.165, 1.54) is 21.0 Å². The highest BCUT2D eigenvalue weighted by atomic mass is 16.6. The van der Waals surface area contributed by atoms with E-state index >= 15 is 0 Å². The summed E-state index contributed by atoms with van der Waals surface area (Å²) in [7, 11) is 1.35. The van der Waals surface area contributed by atoms with Gasteiger partial charge >= 0.3 is 11.9 Å². The van der Waals surface area contributed by atoms with Gasteiger partial charge in [0.05, 0.1) is 7.11 Å². The van der Waals surface area contributed by atoms with E-state index in [4.69, 9.17) is 14.6 Å². The highest BCUT2D eigenvalue weighted by Gasteiger charge is 2.26. The van der Waals surface area contributed by atoms with Crippen molar-refractivity contribution in [2.45, 2.75) is 46.3 Å². The molecule has 0 amide bonds. The van der Waals surface area contributed by atoms with Gasteiger partial charge in [0.15, 0.2) is 11.7 Å². The highest BCUT2D eigenvalue weighted by Crippen LogP contribution is 2.07. The third-order valence-electron chi connectivity index (χ3n) is 1.97. The molecule has 0 saturated heterocycles. The second-order valence-electron chi connectivity index (χ2n) is 3.87. The Labute approximate surface area is 108 Å². The van der Waals surface area contributed by atoms with E-state index in [0.717, 1.165) is 0 Å². The lowest BCUT2D eigenvalue weighted by molar-refractivity contribution is -0.160. The van der Waals surface area contributed by atoms with Crippen molar-refractivity contribution >= 4 is 11.9 Å². The average Bonchev–Trinajstić information content (AvgIpc) is 2.29. The van der Waals surface area contributed by atoms with E-state index in [1.54, 1.807) is 13.8 Å². The Balaban J connectivity index is 0. The molecule has 0 aromatic heterocycles. The Morgan fingerprint density at radius 3 is 1.94 bits per heavy atom. The molecule has 0 aliphatic carbocycles. The molecule has 1 atom stereocenters. The number of ether oxygens (including phenoxy) is 3. The van der Waals surface area contributed by atoms with E-state index < -0.39 is 17.7 Å². The quantitative estimate of drug-likeness (QED) is 0.731. The molecule has 0 aromatic carbocycles. The number of rotatable bonds is 6. The van der Waals surface area contributed by atoms with Gasteiger partial charge in [-0.15, -0.1) is 0 Å². The number of hydrogen-bond acceptors (Lipinski definition) is 5. The van der Waals surface area contributed by atoms with Gasteiger partial charge in [-0.05, 0) is 34.6 Å². The SMILES string of the molecule is CCOC(C)(C)C(=O)O.CCOC(C)C(=O)OC. The molecule has 1 N–H and O–H groups in total. The van der Waals surface area contributed by atoms with Crippen LogP contribution in [-0.2, 0) is 23.8 Å². The first-order valence-corrected chi connectivity index (χ1v) is 5.79. The molecular weight excluding hydrogens is 240 g/mol. The van der Waals surface area contributed by atoms with Gasteiger partial charge in [0.2, 0.25) is 0 Å². The molecule has 0 fully saturated rings. The smallest absolute Gasteiger partial charge is 0.335 e. The summed E-state index contributed by atoms with van der Waals surface area (Å²) in [4.78, 5) is 20.8. The van der Waals surface area contributed by atoms with Gasteiger partial charge in [0.25, 0.3) is 0 Å². The van der Waals surface area contributed by atoms with Gasteiger partial charge in [-0.1, -0.05) is 0 Å². The maximum Gasteiger partial charge on any atom is 0.335 e. The van der Waals surface area contributed by atoms with E-state index in [0.29, 0.717) is 13.2 Å². The minimum absolute atomic E-state index is 0.322. The van der Waals surface area contributed by atoms with Crippen molar-refractivity contribution in [3.63, 3.8) is 0 Å². The molecule has 6 heteroatoms. The average molecular weight is 264 g/mol. The lowest BCUT2D eigenvalue weighted by atomic mass is 10.1. The van der Waals surface area contributed by atoms with E-state index in [1.807, 2.05) is 6.92 Å². The molecule has 18 heavy (non-hydrogen) atoms. The fourth-order valence-electron chi connectivity index (χ4n) is 0.907. The lowest BCUT2D eigenvalue weighted by Crippen LogP contribution is -2.34. The van der Waals surface area contributed by atoms with Crippen molar-refractivity contribution in [3.8, 4) is 0 Å². The summed E-state index contributed by atoms with van der Waals surface area (Å²) in [5.74, 6) is -1.25. The number of aliphatic carboxylic acids is 1. The van der Waals surface area contributed by atoms with Gasteiger partial charge < -0.3 is 19.3 Å². The second-order valence-corrected chi connectivity index (χ2v) is 3.87. The number of methoxy groups -OCH3 is 1. The molecule has 0 aliphatic heterocycles. The van der Waals surface area contributed by atoms with Gasteiger partial charge in [0, 0.05) is 13.2 Å². The summed E-state index contributed by atoms with van der Waals surface area (Å²) in [5, 5.41) is 8.45. The third kappa shape index (κ3) is 8.95. The summed E-state index contributed by atoms with van der Waals surface area (Å²) >= 11 is 0. The zero-order chi connectivity index (χ0) is 14.8.